The van der Waals surface area contributed by atoms with Crippen LogP contribution in [0.4, 0.5) is 0 Å². The molecule has 4 nitrogen and oxygen atoms in total. The second kappa shape index (κ2) is 5.65. The molecule has 62 valence electrons. The minimum Gasteiger partial charge on any atom is -0.364 e. The zero-order valence-corrected chi connectivity index (χ0v) is 6.59. The zero-order valence-electron chi connectivity index (χ0n) is 6.59. The lowest BCUT2D eigenvalue weighted by Crippen LogP contribution is -2.32. The summed E-state index contributed by atoms with van der Waals surface area (Å²) in [6.07, 6.45) is 0.241. The van der Waals surface area contributed by atoms with Gasteiger partial charge in [-0.25, -0.2) is 4.79 Å². The van der Waals surface area contributed by atoms with Crippen LogP contribution in [0.25, 0.3) is 0 Å². The molecule has 0 saturated carbocycles. The number of likely N-dealkylation sites (N-methyl/N-ethyl adjacent to an activating group) is 1. The molecule has 0 aliphatic carbocycles. The fraction of sp³-hybridized carbons (Fsp3) is 0.571. The maximum absolute atomic E-state index is 10.8. The van der Waals surface area contributed by atoms with Crippen LogP contribution in [0, 0.1) is 0 Å². The highest BCUT2D eigenvalue weighted by Crippen LogP contribution is 1.91. The molecule has 1 unspecified atom stereocenters. The Kier molecular flexibility index (Phi) is 5.07. The van der Waals surface area contributed by atoms with Crippen molar-refractivity contribution in [1.29, 1.82) is 0 Å². The number of ether oxygens (including phenoxy) is 1. The second-order valence-electron chi connectivity index (χ2n) is 1.77. The molecule has 11 heavy (non-hydrogen) atoms. The number of carbonyl (C=O) groups excluding carboxylic acids is 2. The van der Waals surface area contributed by atoms with E-state index in [1.807, 2.05) is 0 Å². The van der Waals surface area contributed by atoms with Crippen LogP contribution < -0.4 is 5.32 Å². The number of rotatable bonds is 4. The van der Waals surface area contributed by atoms with E-state index in [1.165, 1.54) is 13.0 Å². The first-order valence-electron chi connectivity index (χ1n) is 3.30. The van der Waals surface area contributed by atoms with Gasteiger partial charge in [-0.15, -0.1) is 0 Å². The summed E-state index contributed by atoms with van der Waals surface area (Å²) in [4.78, 5) is 20.7. The topological polar surface area (TPSA) is 55.4 Å². The Bertz CT molecular complexity index is 173. The van der Waals surface area contributed by atoms with Crippen LogP contribution in [0.15, 0.2) is 6.08 Å². The predicted molar refractivity (Wildman–Crippen MR) is 39.7 cm³/mol. The van der Waals surface area contributed by atoms with Crippen molar-refractivity contribution in [2.75, 3.05) is 13.7 Å². The summed E-state index contributed by atoms with van der Waals surface area (Å²) in [6.45, 7) is 2.13. The summed E-state index contributed by atoms with van der Waals surface area (Å²) in [5.41, 5.74) is 0. The molecule has 0 spiro atoms. The fourth-order valence-electron chi connectivity index (χ4n) is 0.583. The van der Waals surface area contributed by atoms with Crippen LogP contribution in [0.5, 0.6) is 0 Å². The van der Waals surface area contributed by atoms with Crippen LogP contribution in [0.1, 0.15) is 6.92 Å². The summed E-state index contributed by atoms with van der Waals surface area (Å²) in [7, 11) is 1.48. The largest absolute Gasteiger partial charge is 0.364 e. The molecule has 0 aromatic rings. The van der Waals surface area contributed by atoms with E-state index in [2.05, 4.69) is 5.32 Å². The van der Waals surface area contributed by atoms with Gasteiger partial charge in [-0.2, -0.15) is 0 Å². The summed E-state index contributed by atoms with van der Waals surface area (Å²) < 4.78 is 4.90. The zero-order chi connectivity index (χ0) is 8.69. The minimum atomic E-state index is -0.803. The lowest BCUT2D eigenvalue weighted by molar-refractivity contribution is -0.129. The van der Waals surface area contributed by atoms with Crippen molar-refractivity contribution in [3.8, 4) is 0 Å². The van der Waals surface area contributed by atoms with Crippen LogP contribution in [0.2, 0.25) is 0 Å². The molecule has 0 aromatic carbocycles. The van der Waals surface area contributed by atoms with Crippen molar-refractivity contribution < 1.29 is 14.3 Å². The highest BCUT2D eigenvalue weighted by atomic mass is 16.5. The lowest BCUT2D eigenvalue weighted by atomic mass is 10.3. The maximum atomic E-state index is 10.8. The van der Waals surface area contributed by atoms with Crippen LogP contribution >= 0.6 is 0 Å². The van der Waals surface area contributed by atoms with Gasteiger partial charge in [-0.05, 0) is 6.92 Å². The Balaban J connectivity index is 4.08. The lowest BCUT2D eigenvalue weighted by Gasteiger charge is -2.08. The van der Waals surface area contributed by atoms with E-state index in [0.29, 0.717) is 6.61 Å². The summed E-state index contributed by atoms with van der Waals surface area (Å²) >= 11 is 0. The number of amides is 1. The average Bonchev–Trinajstić information content (AvgIpc) is 2.03. The standard InChI is InChI=1S/C7H11NO3/c1-3-11-6(4-5-9)7(10)8-2/h4,6H,3H2,1-2H3,(H,8,10). The first kappa shape index (κ1) is 9.88. The van der Waals surface area contributed by atoms with Gasteiger partial charge in [0.2, 0.25) is 0 Å². The van der Waals surface area contributed by atoms with E-state index in [1.54, 1.807) is 6.92 Å². The Morgan fingerprint density at radius 3 is 2.82 bits per heavy atom. The first-order valence-corrected chi connectivity index (χ1v) is 3.30. The molecule has 0 saturated heterocycles. The molecule has 1 N–H and O–H groups in total. The third kappa shape index (κ3) is 3.55. The van der Waals surface area contributed by atoms with Gasteiger partial charge < -0.3 is 10.1 Å². The molecule has 4 heteroatoms. The third-order valence-corrected chi connectivity index (χ3v) is 1.07. The van der Waals surface area contributed by atoms with Crippen molar-refractivity contribution in [3.63, 3.8) is 0 Å². The quantitative estimate of drug-likeness (QED) is 0.561. The van der Waals surface area contributed by atoms with Gasteiger partial charge in [-0.3, -0.25) is 4.79 Å². The minimum absolute atomic E-state index is 0.338. The van der Waals surface area contributed by atoms with Gasteiger partial charge in [-0.1, -0.05) is 0 Å². The van der Waals surface area contributed by atoms with Crippen LogP contribution in [-0.4, -0.2) is 31.6 Å². The van der Waals surface area contributed by atoms with E-state index in [0.717, 1.165) is 6.08 Å². The molecule has 1 amide bonds. The summed E-state index contributed by atoms with van der Waals surface area (Å²) in [6, 6.07) is 0. The van der Waals surface area contributed by atoms with E-state index < -0.39 is 6.10 Å². The predicted octanol–water partition coefficient (Wildman–Crippen LogP) is -0.475. The molecule has 0 heterocycles. The van der Waals surface area contributed by atoms with Crippen molar-refractivity contribution in [1.82, 2.24) is 5.32 Å². The van der Waals surface area contributed by atoms with Crippen molar-refractivity contribution >= 4 is 11.8 Å². The van der Waals surface area contributed by atoms with E-state index in [9.17, 15) is 9.59 Å². The Morgan fingerprint density at radius 2 is 2.45 bits per heavy atom. The molecule has 0 rings (SSSR count). The van der Waals surface area contributed by atoms with E-state index in [-0.39, 0.29) is 5.91 Å². The summed E-state index contributed by atoms with van der Waals surface area (Å²) in [5, 5.41) is 2.36. The fourth-order valence-corrected chi connectivity index (χ4v) is 0.583. The average molecular weight is 157 g/mol. The van der Waals surface area contributed by atoms with Crippen LogP contribution in [-0.2, 0) is 14.3 Å². The number of carbonyl (C=O) groups is 1. The van der Waals surface area contributed by atoms with E-state index >= 15 is 0 Å². The van der Waals surface area contributed by atoms with Gasteiger partial charge >= 0.3 is 0 Å². The molecule has 0 aliphatic heterocycles. The molecule has 0 aromatic heterocycles. The maximum Gasteiger partial charge on any atom is 0.253 e. The monoisotopic (exact) mass is 157 g/mol. The van der Waals surface area contributed by atoms with Crippen molar-refractivity contribution in [3.05, 3.63) is 6.08 Å². The van der Waals surface area contributed by atoms with Gasteiger partial charge in [0.05, 0.1) is 0 Å². The molecular weight excluding hydrogens is 146 g/mol. The molecular formula is C7H11NO3. The van der Waals surface area contributed by atoms with Gasteiger partial charge in [0.25, 0.3) is 5.91 Å². The number of hydrogen-bond acceptors (Lipinski definition) is 3. The molecule has 1 atom stereocenters. The molecule has 0 radical (unpaired) electrons. The molecule has 0 fully saturated rings. The van der Waals surface area contributed by atoms with E-state index in [4.69, 9.17) is 4.74 Å². The molecule has 0 aliphatic rings. The van der Waals surface area contributed by atoms with Gasteiger partial charge in [0.15, 0.2) is 6.10 Å². The Labute approximate surface area is 65.2 Å². The smallest absolute Gasteiger partial charge is 0.253 e. The van der Waals surface area contributed by atoms with Crippen molar-refractivity contribution in [2.24, 2.45) is 0 Å². The first-order chi connectivity index (χ1) is 5.26. The second-order valence-corrected chi connectivity index (χ2v) is 1.77. The molecule has 0 bridgehead atoms. The third-order valence-electron chi connectivity index (χ3n) is 1.07. The van der Waals surface area contributed by atoms with Gasteiger partial charge in [0, 0.05) is 19.7 Å². The van der Waals surface area contributed by atoms with Crippen molar-refractivity contribution in [2.45, 2.75) is 13.0 Å². The van der Waals surface area contributed by atoms with Crippen LogP contribution in [0.3, 0.4) is 0 Å². The highest BCUT2D eigenvalue weighted by Gasteiger charge is 2.12. The Morgan fingerprint density at radius 1 is 1.82 bits per heavy atom. The summed E-state index contributed by atoms with van der Waals surface area (Å²) in [5.74, 6) is 1.17. The highest BCUT2D eigenvalue weighted by molar-refractivity contribution is 5.84. The Hall–Kier alpha value is -1.12. The number of hydrogen-bond donors (Lipinski definition) is 1. The number of nitrogens with one attached hydrogen (secondary N) is 1. The normalized spacial score (nSPS) is 11.5. The SMILES string of the molecule is CCOC(C=C=O)C(=O)NC. The van der Waals surface area contributed by atoms with Gasteiger partial charge in [0.1, 0.15) is 5.94 Å².